The molecule has 1 atom stereocenters. The van der Waals surface area contributed by atoms with Gasteiger partial charge in [-0.05, 0) is 36.8 Å². The molecule has 4 aromatic rings. The lowest BCUT2D eigenvalue weighted by atomic mass is 10.1. The Morgan fingerprint density at radius 1 is 1.23 bits per heavy atom. The number of ether oxygens (including phenoxy) is 1. The van der Waals surface area contributed by atoms with Crippen molar-refractivity contribution in [2.75, 3.05) is 7.11 Å². The van der Waals surface area contributed by atoms with E-state index in [2.05, 4.69) is 20.4 Å². The Hall–Kier alpha value is -3.94. The average Bonchev–Trinajstić information content (AvgIpc) is 3.19. The largest absolute Gasteiger partial charge is 0.497 e. The minimum atomic E-state index is -0.419. The molecule has 1 amide bonds. The third kappa shape index (κ3) is 4.07. The molecule has 1 aromatic carbocycles. The molecule has 2 N–H and O–H groups in total. The fourth-order valence-corrected chi connectivity index (χ4v) is 3.24. The van der Waals surface area contributed by atoms with Crippen LogP contribution in [0.25, 0.3) is 16.9 Å². The Morgan fingerprint density at radius 3 is 2.87 bits per heavy atom. The van der Waals surface area contributed by atoms with Crippen molar-refractivity contribution in [3.8, 4) is 17.0 Å². The van der Waals surface area contributed by atoms with E-state index in [1.54, 1.807) is 32.5 Å². The normalized spacial score (nSPS) is 11.9. The highest BCUT2D eigenvalue weighted by atomic mass is 16.5. The van der Waals surface area contributed by atoms with E-state index in [0.29, 0.717) is 17.1 Å². The number of amides is 1. The lowest BCUT2D eigenvalue weighted by molar-refractivity contribution is -0.121. The number of carbonyl (C=O) groups excluding carboxylic acids is 1. The van der Waals surface area contributed by atoms with E-state index >= 15 is 0 Å². The highest BCUT2D eigenvalue weighted by Crippen LogP contribution is 2.18. The standard InChI is InChI=1S/C22H21N5O3/c1-14(24-21(28)10-15-5-3-7-17(9-15)30-2)18-12-22(29)27-20(25-18)11-19(26-27)16-6-4-8-23-13-16/h3-9,11-14,26H,10H2,1-2H3,(H,24,28)/t14-/m0/s1. The summed E-state index contributed by atoms with van der Waals surface area (Å²) in [5, 5.41) is 5.93. The zero-order valence-electron chi connectivity index (χ0n) is 16.6. The van der Waals surface area contributed by atoms with E-state index in [1.165, 1.54) is 10.6 Å². The predicted molar refractivity (Wildman–Crippen MR) is 112 cm³/mol. The third-order valence-electron chi connectivity index (χ3n) is 4.76. The van der Waals surface area contributed by atoms with Gasteiger partial charge in [-0.25, -0.2) is 9.50 Å². The molecule has 0 saturated heterocycles. The minimum absolute atomic E-state index is 0.164. The Morgan fingerprint density at radius 2 is 2.10 bits per heavy atom. The van der Waals surface area contributed by atoms with E-state index in [-0.39, 0.29) is 17.9 Å². The summed E-state index contributed by atoms with van der Waals surface area (Å²) in [6.45, 7) is 1.80. The van der Waals surface area contributed by atoms with Gasteiger partial charge in [0, 0.05) is 30.1 Å². The van der Waals surface area contributed by atoms with Crippen molar-refractivity contribution in [1.29, 1.82) is 0 Å². The van der Waals surface area contributed by atoms with E-state index < -0.39 is 6.04 Å². The van der Waals surface area contributed by atoms with Gasteiger partial charge in [0.25, 0.3) is 5.56 Å². The molecule has 0 bridgehead atoms. The average molecular weight is 403 g/mol. The Bertz CT molecular complexity index is 1250. The molecule has 152 valence electrons. The Kier molecular flexibility index (Phi) is 5.30. The number of fused-ring (bicyclic) bond motifs is 1. The second kappa shape index (κ2) is 8.20. The summed E-state index contributed by atoms with van der Waals surface area (Å²) in [4.78, 5) is 33.6. The van der Waals surface area contributed by atoms with E-state index in [4.69, 9.17) is 4.74 Å². The van der Waals surface area contributed by atoms with Gasteiger partial charge in [-0.2, -0.15) is 0 Å². The molecule has 0 radical (unpaired) electrons. The van der Waals surface area contributed by atoms with Gasteiger partial charge in [0.05, 0.1) is 31.0 Å². The zero-order chi connectivity index (χ0) is 21.1. The molecule has 0 aliphatic heterocycles. The van der Waals surface area contributed by atoms with E-state index in [0.717, 1.165) is 16.8 Å². The number of carbonyl (C=O) groups is 1. The van der Waals surface area contributed by atoms with Crippen LogP contribution >= 0.6 is 0 Å². The highest BCUT2D eigenvalue weighted by molar-refractivity contribution is 5.79. The van der Waals surface area contributed by atoms with Crippen LogP contribution in [0, 0.1) is 0 Å². The summed E-state index contributed by atoms with van der Waals surface area (Å²) in [5.74, 6) is 0.535. The number of H-pyrrole nitrogens is 1. The van der Waals surface area contributed by atoms with Gasteiger partial charge >= 0.3 is 0 Å². The first kappa shape index (κ1) is 19.4. The van der Waals surface area contributed by atoms with Crippen LogP contribution in [-0.2, 0) is 11.2 Å². The number of pyridine rings is 1. The SMILES string of the molecule is COc1cccc(CC(=O)N[C@@H](C)c2cc(=O)n3[nH]c(-c4cccnc4)cc3n2)c1. The highest BCUT2D eigenvalue weighted by Gasteiger charge is 2.15. The first-order chi connectivity index (χ1) is 14.5. The molecule has 30 heavy (non-hydrogen) atoms. The maximum Gasteiger partial charge on any atom is 0.272 e. The Labute approximate surface area is 172 Å². The quantitative estimate of drug-likeness (QED) is 0.515. The van der Waals surface area contributed by atoms with Gasteiger partial charge in [0.15, 0.2) is 5.65 Å². The summed E-state index contributed by atoms with van der Waals surface area (Å²) in [5.41, 5.74) is 3.15. The fourth-order valence-electron chi connectivity index (χ4n) is 3.24. The van der Waals surface area contributed by atoms with Crippen molar-refractivity contribution in [3.05, 3.63) is 82.5 Å². The van der Waals surface area contributed by atoms with Gasteiger partial charge < -0.3 is 10.1 Å². The maximum atomic E-state index is 12.5. The van der Waals surface area contributed by atoms with Gasteiger partial charge in [0.2, 0.25) is 5.91 Å². The molecule has 8 heteroatoms. The topological polar surface area (TPSA) is 101 Å². The number of hydrogen-bond donors (Lipinski definition) is 2. The summed E-state index contributed by atoms with van der Waals surface area (Å²) in [7, 11) is 1.59. The molecule has 0 unspecified atom stereocenters. The number of rotatable bonds is 6. The molecule has 4 rings (SSSR count). The van der Waals surface area contributed by atoms with Crippen LogP contribution in [0.1, 0.15) is 24.2 Å². The van der Waals surface area contributed by atoms with Crippen LogP contribution in [0.15, 0.2) is 65.7 Å². The number of nitrogens with one attached hydrogen (secondary N) is 2. The van der Waals surface area contributed by atoms with Crippen LogP contribution in [0.4, 0.5) is 0 Å². The summed E-state index contributed by atoms with van der Waals surface area (Å²) in [6, 6.07) is 13.9. The van der Waals surface area contributed by atoms with E-state index in [1.807, 2.05) is 36.4 Å². The Balaban J connectivity index is 1.53. The molecular formula is C22H21N5O3. The first-order valence-corrected chi connectivity index (χ1v) is 9.49. The van der Waals surface area contributed by atoms with E-state index in [9.17, 15) is 9.59 Å². The monoisotopic (exact) mass is 403 g/mol. The van der Waals surface area contributed by atoms with Crippen molar-refractivity contribution in [2.24, 2.45) is 0 Å². The van der Waals surface area contributed by atoms with Crippen LogP contribution in [0.5, 0.6) is 5.75 Å². The van der Waals surface area contributed by atoms with Crippen molar-refractivity contribution >= 4 is 11.6 Å². The first-order valence-electron chi connectivity index (χ1n) is 9.49. The van der Waals surface area contributed by atoms with Gasteiger partial charge in [-0.15, -0.1) is 0 Å². The molecule has 0 aliphatic rings. The number of methoxy groups -OCH3 is 1. The van der Waals surface area contributed by atoms with Crippen LogP contribution in [0.3, 0.4) is 0 Å². The van der Waals surface area contributed by atoms with Crippen molar-refractivity contribution in [3.63, 3.8) is 0 Å². The molecule has 3 heterocycles. The van der Waals surface area contributed by atoms with Crippen LogP contribution in [0.2, 0.25) is 0 Å². The lowest BCUT2D eigenvalue weighted by Gasteiger charge is -2.13. The van der Waals surface area contributed by atoms with Crippen molar-refractivity contribution in [2.45, 2.75) is 19.4 Å². The molecule has 3 aromatic heterocycles. The number of benzene rings is 1. The van der Waals surface area contributed by atoms with Crippen molar-refractivity contribution < 1.29 is 9.53 Å². The second-order valence-corrected chi connectivity index (χ2v) is 6.94. The molecule has 0 spiro atoms. The zero-order valence-corrected chi connectivity index (χ0v) is 16.6. The molecule has 0 aliphatic carbocycles. The second-order valence-electron chi connectivity index (χ2n) is 6.94. The number of hydrogen-bond acceptors (Lipinski definition) is 5. The predicted octanol–water partition coefficient (Wildman–Crippen LogP) is 2.51. The van der Waals surface area contributed by atoms with Gasteiger partial charge in [-0.1, -0.05) is 12.1 Å². The number of aromatic nitrogens is 4. The summed E-state index contributed by atoms with van der Waals surface area (Å²) in [6.07, 6.45) is 3.60. The third-order valence-corrected chi connectivity index (χ3v) is 4.76. The van der Waals surface area contributed by atoms with Crippen molar-refractivity contribution in [1.82, 2.24) is 24.9 Å². The number of aromatic amines is 1. The fraction of sp³-hybridized carbons (Fsp3) is 0.182. The summed E-state index contributed by atoms with van der Waals surface area (Å²) >= 11 is 0. The summed E-state index contributed by atoms with van der Waals surface area (Å²) < 4.78 is 6.56. The molecular weight excluding hydrogens is 382 g/mol. The lowest BCUT2D eigenvalue weighted by Crippen LogP contribution is -2.30. The van der Waals surface area contributed by atoms with Gasteiger partial charge in [0.1, 0.15) is 5.75 Å². The molecule has 8 nitrogen and oxygen atoms in total. The van der Waals surface area contributed by atoms with Crippen LogP contribution in [-0.4, -0.2) is 32.6 Å². The molecule has 0 saturated carbocycles. The maximum absolute atomic E-state index is 12.5. The van der Waals surface area contributed by atoms with Crippen LogP contribution < -0.4 is 15.6 Å². The number of nitrogens with zero attached hydrogens (tertiary/aromatic N) is 3. The van der Waals surface area contributed by atoms with Gasteiger partial charge in [-0.3, -0.25) is 19.7 Å². The smallest absolute Gasteiger partial charge is 0.272 e. The minimum Gasteiger partial charge on any atom is -0.497 e. The molecule has 0 fully saturated rings.